The van der Waals surface area contributed by atoms with Crippen LogP contribution in [0.1, 0.15) is 37.8 Å². The number of piperidine rings is 1. The van der Waals surface area contributed by atoms with Crippen LogP contribution in [0.15, 0.2) is 29.8 Å². The Kier molecular flexibility index (Phi) is 5.24. The number of nitrogens with zero attached hydrogens (tertiary/aromatic N) is 1. The average Bonchev–Trinajstić information content (AvgIpc) is 2.42. The minimum absolute atomic E-state index is 0.624. The fourth-order valence-corrected chi connectivity index (χ4v) is 2.68. The van der Waals surface area contributed by atoms with E-state index in [4.69, 9.17) is 0 Å². The SMILES string of the molecule is CC(C)=CCN1CCC(Nc2cc(C)ccc2C)CC1. The third-order valence-electron chi connectivity index (χ3n) is 4.10. The molecule has 1 saturated heterocycles. The van der Waals surface area contributed by atoms with E-state index in [1.54, 1.807) is 0 Å². The molecule has 20 heavy (non-hydrogen) atoms. The van der Waals surface area contributed by atoms with Gasteiger partial charge in [-0.3, -0.25) is 4.90 Å². The third-order valence-corrected chi connectivity index (χ3v) is 4.10. The summed E-state index contributed by atoms with van der Waals surface area (Å²) in [6.45, 7) is 12.2. The van der Waals surface area contributed by atoms with E-state index in [1.807, 2.05) is 0 Å². The number of anilines is 1. The lowest BCUT2D eigenvalue weighted by Gasteiger charge is -2.32. The van der Waals surface area contributed by atoms with Gasteiger partial charge in [0.15, 0.2) is 0 Å². The average molecular weight is 272 g/mol. The molecule has 1 aliphatic heterocycles. The molecular formula is C18H28N2. The van der Waals surface area contributed by atoms with E-state index >= 15 is 0 Å². The van der Waals surface area contributed by atoms with E-state index < -0.39 is 0 Å². The van der Waals surface area contributed by atoms with Crippen LogP contribution in [-0.4, -0.2) is 30.6 Å². The van der Waals surface area contributed by atoms with Crippen LogP contribution in [0, 0.1) is 13.8 Å². The summed E-state index contributed by atoms with van der Waals surface area (Å²) in [4.78, 5) is 2.55. The quantitative estimate of drug-likeness (QED) is 0.828. The molecular weight excluding hydrogens is 244 g/mol. The summed E-state index contributed by atoms with van der Waals surface area (Å²) in [5.41, 5.74) is 5.41. The third kappa shape index (κ3) is 4.38. The van der Waals surface area contributed by atoms with E-state index in [0.29, 0.717) is 6.04 Å². The molecule has 0 aliphatic carbocycles. The van der Waals surface area contributed by atoms with Crippen LogP contribution in [0.3, 0.4) is 0 Å². The molecule has 0 atom stereocenters. The van der Waals surface area contributed by atoms with Gasteiger partial charge >= 0.3 is 0 Å². The Morgan fingerprint density at radius 3 is 2.60 bits per heavy atom. The maximum atomic E-state index is 3.73. The fraction of sp³-hybridized carbons (Fsp3) is 0.556. The Hall–Kier alpha value is -1.28. The van der Waals surface area contributed by atoms with Crippen molar-refractivity contribution in [3.05, 3.63) is 41.0 Å². The molecule has 0 radical (unpaired) electrons. The van der Waals surface area contributed by atoms with Gasteiger partial charge in [0, 0.05) is 31.4 Å². The van der Waals surface area contributed by atoms with E-state index in [1.165, 1.54) is 48.3 Å². The highest BCUT2D eigenvalue weighted by molar-refractivity contribution is 5.53. The normalized spacial score (nSPS) is 17.0. The summed E-state index contributed by atoms with van der Waals surface area (Å²) in [5, 5.41) is 3.73. The van der Waals surface area contributed by atoms with Crippen molar-refractivity contribution in [2.45, 2.75) is 46.6 Å². The van der Waals surface area contributed by atoms with Gasteiger partial charge in [0.2, 0.25) is 0 Å². The van der Waals surface area contributed by atoms with Crippen LogP contribution in [0.25, 0.3) is 0 Å². The van der Waals surface area contributed by atoms with E-state index in [2.05, 4.69) is 62.2 Å². The number of likely N-dealkylation sites (tertiary alicyclic amines) is 1. The number of allylic oxidation sites excluding steroid dienone is 1. The van der Waals surface area contributed by atoms with Gasteiger partial charge < -0.3 is 5.32 Å². The lowest BCUT2D eigenvalue weighted by atomic mass is 10.0. The molecule has 1 aromatic carbocycles. The van der Waals surface area contributed by atoms with Crippen molar-refractivity contribution in [3.63, 3.8) is 0 Å². The zero-order valence-electron chi connectivity index (χ0n) is 13.4. The zero-order valence-corrected chi connectivity index (χ0v) is 13.4. The van der Waals surface area contributed by atoms with Gasteiger partial charge in [-0.05, 0) is 57.7 Å². The van der Waals surface area contributed by atoms with Gasteiger partial charge in [0.05, 0.1) is 0 Å². The van der Waals surface area contributed by atoms with Crippen LogP contribution in [-0.2, 0) is 0 Å². The molecule has 0 unspecified atom stereocenters. The Morgan fingerprint density at radius 2 is 1.95 bits per heavy atom. The number of aryl methyl sites for hydroxylation is 2. The smallest absolute Gasteiger partial charge is 0.0374 e. The molecule has 0 spiro atoms. The minimum Gasteiger partial charge on any atom is -0.382 e. The van der Waals surface area contributed by atoms with Crippen molar-refractivity contribution in [3.8, 4) is 0 Å². The van der Waals surface area contributed by atoms with Crippen LogP contribution < -0.4 is 5.32 Å². The van der Waals surface area contributed by atoms with Crippen molar-refractivity contribution >= 4 is 5.69 Å². The highest BCUT2D eigenvalue weighted by Gasteiger charge is 2.18. The lowest BCUT2D eigenvalue weighted by molar-refractivity contribution is 0.240. The summed E-state index contributed by atoms with van der Waals surface area (Å²) < 4.78 is 0. The molecule has 0 bridgehead atoms. The van der Waals surface area contributed by atoms with Crippen molar-refractivity contribution in [1.82, 2.24) is 4.90 Å². The Bertz CT molecular complexity index is 464. The second kappa shape index (κ2) is 6.94. The van der Waals surface area contributed by atoms with Gasteiger partial charge in [-0.25, -0.2) is 0 Å². The summed E-state index contributed by atoms with van der Waals surface area (Å²) in [5.74, 6) is 0. The summed E-state index contributed by atoms with van der Waals surface area (Å²) in [7, 11) is 0. The van der Waals surface area contributed by atoms with Crippen molar-refractivity contribution in [2.75, 3.05) is 25.0 Å². The molecule has 1 fully saturated rings. The van der Waals surface area contributed by atoms with Gasteiger partial charge in [0.25, 0.3) is 0 Å². The molecule has 0 saturated carbocycles. The topological polar surface area (TPSA) is 15.3 Å². The van der Waals surface area contributed by atoms with Gasteiger partial charge in [-0.15, -0.1) is 0 Å². The van der Waals surface area contributed by atoms with Crippen LogP contribution in [0.4, 0.5) is 5.69 Å². The number of rotatable bonds is 4. The Labute approximate surface area is 123 Å². The minimum atomic E-state index is 0.624. The second-order valence-corrected chi connectivity index (χ2v) is 6.32. The lowest BCUT2D eigenvalue weighted by Crippen LogP contribution is -2.39. The molecule has 1 aliphatic rings. The fourth-order valence-electron chi connectivity index (χ4n) is 2.68. The molecule has 2 nitrogen and oxygen atoms in total. The number of nitrogens with one attached hydrogen (secondary N) is 1. The number of hydrogen-bond donors (Lipinski definition) is 1. The monoisotopic (exact) mass is 272 g/mol. The highest BCUT2D eigenvalue weighted by atomic mass is 15.1. The van der Waals surface area contributed by atoms with Crippen LogP contribution >= 0.6 is 0 Å². The first-order valence-electron chi connectivity index (χ1n) is 7.74. The van der Waals surface area contributed by atoms with E-state index in [-0.39, 0.29) is 0 Å². The largest absolute Gasteiger partial charge is 0.382 e. The van der Waals surface area contributed by atoms with Crippen LogP contribution in [0.5, 0.6) is 0 Å². The van der Waals surface area contributed by atoms with Gasteiger partial charge in [0.1, 0.15) is 0 Å². The van der Waals surface area contributed by atoms with Crippen molar-refractivity contribution in [2.24, 2.45) is 0 Å². The Balaban J connectivity index is 1.85. The van der Waals surface area contributed by atoms with Gasteiger partial charge in [-0.1, -0.05) is 23.8 Å². The standard InChI is InChI=1S/C18H28N2/c1-14(2)7-10-20-11-8-17(9-12-20)19-18-13-15(3)5-6-16(18)4/h5-7,13,17,19H,8-12H2,1-4H3. The zero-order chi connectivity index (χ0) is 14.5. The van der Waals surface area contributed by atoms with Gasteiger partial charge in [-0.2, -0.15) is 0 Å². The van der Waals surface area contributed by atoms with Crippen molar-refractivity contribution in [1.29, 1.82) is 0 Å². The maximum absolute atomic E-state index is 3.73. The number of benzene rings is 1. The first-order chi connectivity index (χ1) is 9.54. The molecule has 110 valence electrons. The first-order valence-corrected chi connectivity index (χ1v) is 7.74. The molecule has 1 aromatic rings. The summed E-state index contributed by atoms with van der Waals surface area (Å²) in [6, 6.07) is 7.29. The van der Waals surface area contributed by atoms with E-state index in [9.17, 15) is 0 Å². The first kappa shape index (κ1) is 15.1. The Morgan fingerprint density at radius 1 is 1.25 bits per heavy atom. The predicted octanol–water partition coefficient (Wildman–Crippen LogP) is 4.15. The number of hydrogen-bond acceptors (Lipinski definition) is 2. The molecule has 2 heteroatoms. The molecule has 0 aromatic heterocycles. The predicted molar refractivity (Wildman–Crippen MR) is 88.4 cm³/mol. The molecule has 1 N–H and O–H groups in total. The maximum Gasteiger partial charge on any atom is 0.0374 e. The molecule has 2 rings (SSSR count). The highest BCUT2D eigenvalue weighted by Crippen LogP contribution is 2.21. The molecule has 0 amide bonds. The summed E-state index contributed by atoms with van der Waals surface area (Å²) in [6.07, 6.45) is 4.81. The molecule has 1 heterocycles. The summed E-state index contributed by atoms with van der Waals surface area (Å²) >= 11 is 0. The van der Waals surface area contributed by atoms with Crippen LogP contribution in [0.2, 0.25) is 0 Å². The van der Waals surface area contributed by atoms with E-state index in [0.717, 1.165) is 6.54 Å². The van der Waals surface area contributed by atoms with Crippen molar-refractivity contribution < 1.29 is 0 Å². The second-order valence-electron chi connectivity index (χ2n) is 6.32.